The van der Waals surface area contributed by atoms with Crippen molar-refractivity contribution in [2.75, 3.05) is 48.1 Å². The Morgan fingerprint density at radius 3 is 2.00 bits per heavy atom. The van der Waals surface area contributed by atoms with E-state index in [1.54, 1.807) is 14.2 Å². The molecule has 0 spiro atoms. The number of carbonyl (C=O) groups excluding carboxylic acids is 2. The molecule has 0 saturated carbocycles. The van der Waals surface area contributed by atoms with Crippen molar-refractivity contribution in [2.24, 2.45) is 11.3 Å². The van der Waals surface area contributed by atoms with Crippen LogP contribution in [0.2, 0.25) is 0 Å². The number of ether oxygens (including phenoxy) is 2. The zero-order chi connectivity index (χ0) is 32.5. The molecule has 0 radical (unpaired) electrons. The summed E-state index contributed by atoms with van der Waals surface area (Å²) in [5.74, 6) is 0.117. The maximum Gasteiger partial charge on any atom is 0.249 e. The molecule has 1 aromatic rings. The maximum absolute atomic E-state index is 14.2. The molecule has 5 atom stereocenters. The lowest BCUT2D eigenvalue weighted by molar-refractivity contribution is -0.137. The summed E-state index contributed by atoms with van der Waals surface area (Å²) < 4.78 is 10.9. The molecule has 2 amide bonds. The zero-order valence-electron chi connectivity index (χ0n) is 29.0. The Labute approximate surface area is 261 Å². The van der Waals surface area contributed by atoms with Crippen molar-refractivity contribution in [1.29, 1.82) is 0 Å². The number of benzene rings is 1. The van der Waals surface area contributed by atoms with E-state index in [4.69, 9.17) is 9.47 Å². The van der Waals surface area contributed by atoms with Gasteiger partial charge in [-0.25, -0.2) is 0 Å². The smallest absolute Gasteiger partial charge is 0.249 e. The first kappa shape index (κ1) is 36.9. The van der Waals surface area contributed by atoms with Crippen LogP contribution in [0, 0.1) is 11.3 Å². The molecule has 0 bridgehead atoms. The van der Waals surface area contributed by atoms with Gasteiger partial charge in [-0.2, -0.15) is 0 Å². The molecule has 3 unspecified atom stereocenters. The molecule has 1 fully saturated rings. The Bertz CT molecular complexity index is 1040. The van der Waals surface area contributed by atoms with Gasteiger partial charge in [-0.1, -0.05) is 84.9 Å². The zero-order valence-corrected chi connectivity index (χ0v) is 29.0. The van der Waals surface area contributed by atoms with Gasteiger partial charge in [0.05, 0.1) is 37.4 Å². The highest BCUT2D eigenvalue weighted by molar-refractivity contribution is 5.94. The highest BCUT2D eigenvalue weighted by Gasteiger charge is 2.40. The molecule has 2 rings (SSSR count). The van der Waals surface area contributed by atoms with Gasteiger partial charge >= 0.3 is 0 Å². The normalized spacial score (nSPS) is 20.3. The average Bonchev–Trinajstić information content (AvgIpc) is 3.34. The SMILES string of the molecule is CNC(CNC(C(=O)N(C)C(/C=C(\C)C(=O)N1[C@H](COC)CC[C@H]1COC)C(C)C)C(C)(C)C)C(C)(C)c1ccccc1. The summed E-state index contributed by atoms with van der Waals surface area (Å²) in [6.45, 7) is 18.4. The van der Waals surface area contributed by atoms with E-state index in [2.05, 4.69) is 83.4 Å². The second kappa shape index (κ2) is 16.2. The molecule has 1 saturated heterocycles. The van der Waals surface area contributed by atoms with Crippen LogP contribution < -0.4 is 10.6 Å². The molecule has 1 aromatic carbocycles. The molecule has 8 nitrogen and oxygen atoms in total. The summed E-state index contributed by atoms with van der Waals surface area (Å²) in [6, 6.07) is 9.97. The number of likely N-dealkylation sites (N-methyl/N-ethyl adjacent to an activating group) is 2. The molecule has 0 aliphatic carbocycles. The summed E-state index contributed by atoms with van der Waals surface area (Å²) in [4.78, 5) is 31.8. The molecule has 1 aliphatic rings. The van der Waals surface area contributed by atoms with Gasteiger partial charge in [0.1, 0.15) is 0 Å². The molecule has 43 heavy (non-hydrogen) atoms. The minimum atomic E-state index is -0.415. The van der Waals surface area contributed by atoms with Crippen molar-refractivity contribution in [3.05, 3.63) is 47.5 Å². The number of nitrogens with zero attached hydrogens (tertiary/aromatic N) is 2. The van der Waals surface area contributed by atoms with Crippen LogP contribution in [0.5, 0.6) is 0 Å². The van der Waals surface area contributed by atoms with E-state index < -0.39 is 6.04 Å². The fourth-order valence-electron chi connectivity index (χ4n) is 6.42. The third-order valence-electron chi connectivity index (χ3n) is 9.18. The summed E-state index contributed by atoms with van der Waals surface area (Å²) in [5, 5.41) is 7.13. The lowest BCUT2D eigenvalue weighted by Gasteiger charge is -2.40. The van der Waals surface area contributed by atoms with Crippen molar-refractivity contribution in [1.82, 2.24) is 20.4 Å². The Kier molecular flexibility index (Phi) is 13.9. The summed E-state index contributed by atoms with van der Waals surface area (Å²) in [5.41, 5.74) is 1.41. The summed E-state index contributed by atoms with van der Waals surface area (Å²) in [6.07, 6.45) is 3.76. The van der Waals surface area contributed by atoms with Crippen LogP contribution in [0.25, 0.3) is 0 Å². The van der Waals surface area contributed by atoms with Crippen LogP contribution in [0.1, 0.15) is 73.8 Å². The van der Waals surface area contributed by atoms with Crippen molar-refractivity contribution < 1.29 is 19.1 Å². The number of hydrogen-bond acceptors (Lipinski definition) is 6. The minimum Gasteiger partial charge on any atom is -0.383 e. The number of nitrogens with one attached hydrogen (secondary N) is 2. The molecular weight excluding hydrogens is 540 g/mol. The van der Waals surface area contributed by atoms with Crippen LogP contribution in [-0.2, 0) is 24.5 Å². The maximum atomic E-state index is 14.2. The average molecular weight is 601 g/mol. The van der Waals surface area contributed by atoms with Gasteiger partial charge in [0, 0.05) is 44.8 Å². The van der Waals surface area contributed by atoms with Gasteiger partial charge < -0.3 is 29.9 Å². The standard InChI is InChI=1S/C35H60N4O4/c1-24(2)29(20-25(3)32(40)39-27(22-42-11)18-19-28(39)23-43-12)38(10)33(41)31(34(4,5)6)37-21-30(36-9)35(7,8)26-16-14-13-15-17-26/h13-17,20,24,27-31,36-37H,18-19,21-23H2,1-12H3/b25-20+/t27-,28-,29?,30?,31?/m0/s1. The predicted molar refractivity (Wildman–Crippen MR) is 176 cm³/mol. The number of carbonyl (C=O) groups is 2. The third-order valence-corrected chi connectivity index (χ3v) is 9.18. The number of amides is 2. The lowest BCUT2D eigenvalue weighted by atomic mass is 9.77. The van der Waals surface area contributed by atoms with Gasteiger partial charge in [0.25, 0.3) is 0 Å². The summed E-state index contributed by atoms with van der Waals surface area (Å²) >= 11 is 0. The first-order valence-corrected chi connectivity index (χ1v) is 15.8. The second-order valence-corrected chi connectivity index (χ2v) is 14.2. The number of methoxy groups -OCH3 is 2. The van der Waals surface area contributed by atoms with Crippen molar-refractivity contribution in [3.8, 4) is 0 Å². The third kappa shape index (κ3) is 9.37. The van der Waals surface area contributed by atoms with Crippen LogP contribution in [0.4, 0.5) is 0 Å². The van der Waals surface area contributed by atoms with Gasteiger partial charge in [-0.3, -0.25) is 9.59 Å². The number of likely N-dealkylation sites (tertiary alicyclic amines) is 1. The molecule has 8 heteroatoms. The molecule has 1 heterocycles. The number of hydrogen-bond donors (Lipinski definition) is 2. The first-order chi connectivity index (χ1) is 20.1. The molecule has 1 aliphatic heterocycles. The Balaban J connectivity index is 2.30. The van der Waals surface area contributed by atoms with Crippen LogP contribution in [0.15, 0.2) is 42.0 Å². The van der Waals surface area contributed by atoms with E-state index in [1.807, 2.05) is 43.0 Å². The highest BCUT2D eigenvalue weighted by Crippen LogP contribution is 2.30. The lowest BCUT2D eigenvalue weighted by Crippen LogP contribution is -2.59. The molecule has 2 N–H and O–H groups in total. The topological polar surface area (TPSA) is 83.1 Å². The molecule has 0 aromatic heterocycles. The quantitative estimate of drug-likeness (QED) is 0.286. The van der Waals surface area contributed by atoms with E-state index in [0.717, 1.165) is 12.8 Å². The molecule has 244 valence electrons. The van der Waals surface area contributed by atoms with E-state index in [9.17, 15) is 9.59 Å². The van der Waals surface area contributed by atoms with E-state index in [0.29, 0.717) is 25.3 Å². The first-order valence-electron chi connectivity index (χ1n) is 15.8. The fraction of sp³-hybridized carbons (Fsp3) is 0.714. The fourth-order valence-corrected chi connectivity index (χ4v) is 6.42. The van der Waals surface area contributed by atoms with Gasteiger partial charge in [0.2, 0.25) is 11.8 Å². The number of rotatable bonds is 15. The van der Waals surface area contributed by atoms with Crippen LogP contribution in [0.3, 0.4) is 0 Å². The van der Waals surface area contributed by atoms with Gasteiger partial charge in [-0.15, -0.1) is 0 Å². The Hall–Kier alpha value is -2.26. The largest absolute Gasteiger partial charge is 0.383 e. The highest BCUT2D eigenvalue weighted by atomic mass is 16.5. The monoisotopic (exact) mass is 600 g/mol. The van der Waals surface area contributed by atoms with E-state index >= 15 is 0 Å². The van der Waals surface area contributed by atoms with Crippen molar-refractivity contribution >= 4 is 11.8 Å². The van der Waals surface area contributed by atoms with E-state index in [-0.39, 0.29) is 52.7 Å². The second-order valence-electron chi connectivity index (χ2n) is 14.2. The van der Waals surface area contributed by atoms with Gasteiger partial charge in [-0.05, 0) is 43.7 Å². The van der Waals surface area contributed by atoms with Gasteiger partial charge in [0.15, 0.2) is 0 Å². The predicted octanol–water partition coefficient (Wildman–Crippen LogP) is 4.64. The Morgan fingerprint density at radius 1 is 1.02 bits per heavy atom. The van der Waals surface area contributed by atoms with Crippen molar-refractivity contribution in [3.63, 3.8) is 0 Å². The Morgan fingerprint density at radius 2 is 1.56 bits per heavy atom. The molecular formula is C35H60N4O4. The minimum absolute atomic E-state index is 0.0152. The van der Waals surface area contributed by atoms with E-state index in [1.165, 1.54) is 5.56 Å². The summed E-state index contributed by atoms with van der Waals surface area (Å²) in [7, 11) is 7.19. The van der Waals surface area contributed by atoms with Crippen LogP contribution >= 0.6 is 0 Å². The van der Waals surface area contributed by atoms with Crippen LogP contribution in [-0.4, -0.2) is 99.9 Å². The van der Waals surface area contributed by atoms with Crippen molar-refractivity contribution in [2.45, 2.75) is 104 Å².